The van der Waals surface area contributed by atoms with Gasteiger partial charge in [-0.3, -0.25) is 4.52 Å². The number of fused-ring (bicyclic) bond motifs is 1. The van der Waals surface area contributed by atoms with Crippen LogP contribution in [0.4, 0.5) is 0 Å². The van der Waals surface area contributed by atoms with E-state index in [0.29, 0.717) is 18.5 Å². The first-order valence-electron chi connectivity index (χ1n) is 7.79. The van der Waals surface area contributed by atoms with Crippen LogP contribution in [-0.2, 0) is 31.6 Å². The van der Waals surface area contributed by atoms with Crippen molar-refractivity contribution >= 4 is 34.5 Å². The SMILES string of the molecule is O=P(O)(O)OP(=O)(O)OP(=O)(O)OC[C@@H]1CC[C@@H](n2ccc3cccnc32)O1. The van der Waals surface area contributed by atoms with Gasteiger partial charge in [0, 0.05) is 17.8 Å². The van der Waals surface area contributed by atoms with Crippen LogP contribution in [-0.4, -0.2) is 41.8 Å². The first kappa shape index (κ1) is 21.8. The maximum atomic E-state index is 11.7. The Bertz CT molecular complexity index is 988. The Kier molecular flexibility index (Phi) is 6.26. The first-order valence-corrected chi connectivity index (χ1v) is 12.3. The number of aromatic nitrogens is 2. The molecule has 156 valence electrons. The lowest BCUT2D eigenvalue weighted by molar-refractivity contribution is -0.0202. The van der Waals surface area contributed by atoms with Gasteiger partial charge < -0.3 is 28.9 Å². The highest BCUT2D eigenvalue weighted by atomic mass is 31.3. The van der Waals surface area contributed by atoms with Gasteiger partial charge in [-0.15, -0.1) is 0 Å². The molecular weight excluding hydrogens is 441 g/mol. The minimum Gasteiger partial charge on any atom is -0.352 e. The smallest absolute Gasteiger partial charge is 0.352 e. The summed E-state index contributed by atoms with van der Waals surface area (Å²) in [5, 5.41) is 0.919. The van der Waals surface area contributed by atoms with Crippen LogP contribution in [0.2, 0.25) is 0 Å². The number of pyridine rings is 1. The molecule has 28 heavy (non-hydrogen) atoms. The molecule has 4 N–H and O–H groups in total. The van der Waals surface area contributed by atoms with Crippen LogP contribution in [0.25, 0.3) is 11.0 Å². The molecule has 0 radical (unpaired) electrons. The summed E-state index contributed by atoms with van der Waals surface area (Å²) in [7, 11) is -16.1. The molecule has 2 unspecified atom stereocenters. The summed E-state index contributed by atoms with van der Waals surface area (Å²) in [5.74, 6) is 0. The van der Waals surface area contributed by atoms with Crippen molar-refractivity contribution in [3.63, 3.8) is 0 Å². The van der Waals surface area contributed by atoms with E-state index in [1.807, 2.05) is 12.1 Å². The van der Waals surface area contributed by atoms with Crippen molar-refractivity contribution in [3.8, 4) is 0 Å². The van der Waals surface area contributed by atoms with Crippen molar-refractivity contribution < 1.29 is 51.2 Å². The van der Waals surface area contributed by atoms with Crippen molar-refractivity contribution in [3.05, 3.63) is 30.6 Å². The van der Waals surface area contributed by atoms with Crippen LogP contribution >= 0.6 is 23.5 Å². The van der Waals surface area contributed by atoms with E-state index in [1.165, 1.54) is 0 Å². The highest BCUT2D eigenvalue weighted by Gasteiger charge is 2.41. The number of hydrogen-bond donors (Lipinski definition) is 4. The number of rotatable bonds is 8. The Morgan fingerprint density at radius 2 is 1.86 bits per heavy atom. The van der Waals surface area contributed by atoms with E-state index in [4.69, 9.17) is 19.4 Å². The molecule has 1 fully saturated rings. The molecule has 3 rings (SSSR count). The quantitative estimate of drug-likeness (QED) is 0.422. The Morgan fingerprint density at radius 1 is 1.11 bits per heavy atom. The van der Waals surface area contributed by atoms with Crippen molar-refractivity contribution in [1.82, 2.24) is 9.55 Å². The monoisotopic (exact) mass is 458 g/mol. The number of phosphoric ester groups is 1. The summed E-state index contributed by atoms with van der Waals surface area (Å²) in [5.41, 5.74) is 0.709. The number of ether oxygens (including phenoxy) is 1. The first-order chi connectivity index (χ1) is 12.9. The van der Waals surface area contributed by atoms with Crippen LogP contribution in [0.3, 0.4) is 0 Å². The van der Waals surface area contributed by atoms with E-state index in [2.05, 4.69) is 18.1 Å². The van der Waals surface area contributed by atoms with Gasteiger partial charge in [0.2, 0.25) is 0 Å². The molecule has 4 atom stereocenters. The van der Waals surface area contributed by atoms with Gasteiger partial charge in [-0.2, -0.15) is 8.62 Å². The van der Waals surface area contributed by atoms with E-state index in [1.54, 1.807) is 23.0 Å². The number of nitrogens with zero attached hydrogens (tertiary/aromatic N) is 2. The summed E-state index contributed by atoms with van der Waals surface area (Å²) >= 11 is 0. The maximum absolute atomic E-state index is 11.7. The molecule has 1 aliphatic heterocycles. The van der Waals surface area contributed by atoms with Crippen LogP contribution in [0, 0.1) is 0 Å². The predicted octanol–water partition coefficient (Wildman–Crippen LogP) is 2.06. The molecule has 1 aliphatic rings. The molecule has 3 heterocycles. The number of hydrogen-bond acceptors (Lipinski definition) is 8. The lowest BCUT2D eigenvalue weighted by Crippen LogP contribution is -2.16. The zero-order chi connectivity index (χ0) is 20.6. The van der Waals surface area contributed by atoms with Gasteiger partial charge in [0.1, 0.15) is 11.9 Å². The summed E-state index contributed by atoms with van der Waals surface area (Å²) in [6.07, 6.45) is 3.43. The largest absolute Gasteiger partial charge is 0.490 e. The second kappa shape index (κ2) is 8.06. The molecule has 16 heteroatoms. The van der Waals surface area contributed by atoms with E-state index in [-0.39, 0.29) is 6.23 Å². The fourth-order valence-corrected chi connectivity index (χ4v) is 5.76. The van der Waals surface area contributed by atoms with Crippen LogP contribution in [0.5, 0.6) is 0 Å². The molecule has 2 aromatic heterocycles. The second-order valence-electron chi connectivity index (χ2n) is 5.82. The fraction of sp³-hybridized carbons (Fsp3) is 0.417. The summed E-state index contributed by atoms with van der Waals surface area (Å²) < 4.78 is 53.0. The molecule has 2 aromatic rings. The molecule has 0 aromatic carbocycles. The van der Waals surface area contributed by atoms with Crippen molar-refractivity contribution in [2.75, 3.05) is 6.61 Å². The van der Waals surface area contributed by atoms with Gasteiger partial charge >= 0.3 is 23.5 Å². The molecule has 0 bridgehead atoms. The average molecular weight is 458 g/mol. The van der Waals surface area contributed by atoms with E-state index in [9.17, 15) is 18.6 Å². The molecule has 0 aliphatic carbocycles. The van der Waals surface area contributed by atoms with Gasteiger partial charge in [-0.25, -0.2) is 18.7 Å². The van der Waals surface area contributed by atoms with Gasteiger partial charge in [0.25, 0.3) is 0 Å². The maximum Gasteiger partial charge on any atom is 0.490 e. The Labute approximate surface area is 158 Å². The topological polar surface area (TPSA) is 187 Å². The second-order valence-corrected chi connectivity index (χ2v) is 10.2. The standard InChI is InChI=1S/C12H17N2O11P3/c15-26(16,17)24-28(20,21)25-27(18,19)22-8-10-3-4-11(23-10)14-7-5-9-2-1-6-13-12(9)14/h1-2,5-7,10-11H,3-4,8H2,(H,18,19)(H,20,21)(H2,15,16,17)/t10-,11-/m0/s1. The summed E-state index contributed by atoms with van der Waals surface area (Å²) in [4.78, 5) is 39.8. The molecule has 0 amide bonds. The minimum absolute atomic E-state index is 0.387. The third-order valence-corrected chi connectivity index (χ3v) is 7.51. The molecule has 0 spiro atoms. The van der Waals surface area contributed by atoms with Crippen molar-refractivity contribution in [2.45, 2.75) is 25.2 Å². The third-order valence-electron chi connectivity index (χ3n) is 3.71. The lowest BCUT2D eigenvalue weighted by atomic mass is 10.2. The van der Waals surface area contributed by atoms with Gasteiger partial charge in [0.05, 0.1) is 12.7 Å². The van der Waals surface area contributed by atoms with E-state index < -0.39 is 36.2 Å². The highest BCUT2D eigenvalue weighted by molar-refractivity contribution is 7.66. The predicted molar refractivity (Wildman–Crippen MR) is 92.7 cm³/mol. The molecular formula is C12H17N2O11P3. The van der Waals surface area contributed by atoms with Crippen LogP contribution < -0.4 is 0 Å². The molecule has 13 nitrogen and oxygen atoms in total. The Hall–Kier alpha value is -0.940. The van der Waals surface area contributed by atoms with Crippen molar-refractivity contribution in [1.29, 1.82) is 0 Å². The van der Waals surface area contributed by atoms with Crippen LogP contribution in [0.15, 0.2) is 30.6 Å². The minimum atomic E-state index is -5.53. The number of phosphoric acid groups is 3. The fourth-order valence-electron chi connectivity index (χ4n) is 2.71. The van der Waals surface area contributed by atoms with Gasteiger partial charge in [-0.05, 0) is 31.0 Å². The molecule has 1 saturated heterocycles. The molecule has 0 saturated carbocycles. The van der Waals surface area contributed by atoms with Crippen LogP contribution in [0.1, 0.15) is 19.1 Å². The van der Waals surface area contributed by atoms with Gasteiger partial charge in [0.15, 0.2) is 0 Å². The highest BCUT2D eigenvalue weighted by Crippen LogP contribution is 2.66. The van der Waals surface area contributed by atoms with Crippen molar-refractivity contribution in [2.24, 2.45) is 0 Å². The zero-order valence-corrected chi connectivity index (χ0v) is 16.7. The Morgan fingerprint density at radius 3 is 2.57 bits per heavy atom. The van der Waals surface area contributed by atoms with E-state index in [0.717, 1.165) is 5.39 Å². The third kappa shape index (κ3) is 5.79. The summed E-state index contributed by atoms with van der Waals surface area (Å²) in [6, 6.07) is 5.55. The van der Waals surface area contributed by atoms with Gasteiger partial charge in [-0.1, -0.05) is 0 Å². The average Bonchev–Trinajstić information content (AvgIpc) is 3.16. The Balaban J connectivity index is 1.56. The normalized spacial score (nSPS) is 24.9. The lowest BCUT2D eigenvalue weighted by Gasteiger charge is -2.19. The zero-order valence-electron chi connectivity index (χ0n) is 14.0. The van der Waals surface area contributed by atoms with E-state index >= 15 is 0 Å². The summed E-state index contributed by atoms with van der Waals surface area (Å²) in [6.45, 7) is -0.465.